The monoisotopic (exact) mass is 434 g/mol. The zero-order chi connectivity index (χ0) is 22.7. The van der Waals surface area contributed by atoms with Crippen LogP contribution in [0.3, 0.4) is 0 Å². The molecular weight excluding hydrogens is 396 g/mol. The average molecular weight is 435 g/mol. The van der Waals surface area contributed by atoms with E-state index in [9.17, 15) is 9.90 Å². The minimum absolute atomic E-state index is 0.168. The quantitative estimate of drug-likeness (QED) is 0.195. The third-order valence-corrected chi connectivity index (χ3v) is 4.64. The molecule has 31 heavy (non-hydrogen) atoms. The second-order valence-electron chi connectivity index (χ2n) is 7.51. The molecule has 0 radical (unpaired) electrons. The van der Waals surface area contributed by atoms with Crippen LogP contribution in [0.5, 0.6) is 0 Å². The lowest BCUT2D eigenvalue weighted by Crippen LogP contribution is -2.34. The van der Waals surface area contributed by atoms with Crippen molar-refractivity contribution >= 4 is 5.97 Å². The molecule has 0 bridgehead atoms. The van der Waals surface area contributed by atoms with Crippen molar-refractivity contribution in [2.24, 2.45) is 0 Å². The van der Waals surface area contributed by atoms with Gasteiger partial charge < -0.3 is 24.8 Å². The van der Waals surface area contributed by atoms with Crippen LogP contribution in [-0.4, -0.2) is 58.9 Å². The number of hydrogen-bond acceptors (Lipinski definition) is 6. The first-order valence-electron chi connectivity index (χ1n) is 11.2. The van der Waals surface area contributed by atoms with Crippen LogP contribution < -0.4 is 0 Å². The fraction of sp³-hybridized carbons (Fsp3) is 0.560. The highest BCUT2D eigenvalue weighted by Gasteiger charge is 2.24. The summed E-state index contributed by atoms with van der Waals surface area (Å²) >= 11 is 0. The summed E-state index contributed by atoms with van der Waals surface area (Å²) in [7, 11) is 0. The van der Waals surface area contributed by atoms with Crippen molar-refractivity contribution in [2.75, 3.05) is 13.2 Å². The summed E-state index contributed by atoms with van der Waals surface area (Å²) in [5, 5.41) is 27.7. The molecule has 3 N–H and O–H groups in total. The molecule has 1 rings (SSSR count). The van der Waals surface area contributed by atoms with Gasteiger partial charge in [-0.25, -0.2) is 0 Å². The van der Waals surface area contributed by atoms with Gasteiger partial charge in [0, 0.05) is 12.8 Å². The van der Waals surface area contributed by atoms with Gasteiger partial charge in [0.1, 0.15) is 12.7 Å². The summed E-state index contributed by atoms with van der Waals surface area (Å²) in [6.45, 7) is 1.51. The second kappa shape index (κ2) is 17.7. The van der Waals surface area contributed by atoms with Crippen molar-refractivity contribution in [3.8, 4) is 0 Å². The van der Waals surface area contributed by atoms with Gasteiger partial charge in [-0.2, -0.15) is 0 Å². The molecule has 0 aromatic carbocycles. The van der Waals surface area contributed by atoms with E-state index in [1.54, 1.807) is 6.08 Å². The first-order valence-corrected chi connectivity index (χ1v) is 11.2. The highest BCUT2D eigenvalue weighted by atomic mass is 16.5. The first-order chi connectivity index (χ1) is 15.0. The van der Waals surface area contributed by atoms with Crippen LogP contribution in [0.15, 0.2) is 60.8 Å². The molecule has 0 aromatic rings. The van der Waals surface area contributed by atoms with Gasteiger partial charge in [-0.05, 0) is 19.3 Å². The van der Waals surface area contributed by atoms with Crippen LogP contribution in [0, 0.1) is 0 Å². The van der Waals surface area contributed by atoms with Gasteiger partial charge in [0.15, 0.2) is 0 Å². The van der Waals surface area contributed by atoms with Gasteiger partial charge in [0.05, 0.1) is 24.9 Å². The van der Waals surface area contributed by atoms with Crippen molar-refractivity contribution in [3.63, 3.8) is 0 Å². The molecule has 0 spiro atoms. The summed E-state index contributed by atoms with van der Waals surface area (Å²) < 4.78 is 10.5. The third kappa shape index (κ3) is 14.6. The first kappa shape index (κ1) is 27.0. The maximum absolute atomic E-state index is 11.4. The largest absolute Gasteiger partial charge is 0.463 e. The lowest BCUT2D eigenvalue weighted by atomic mass is 10.0. The zero-order valence-electron chi connectivity index (χ0n) is 18.5. The zero-order valence-corrected chi connectivity index (χ0v) is 18.5. The van der Waals surface area contributed by atoms with Crippen LogP contribution in [0.2, 0.25) is 0 Å². The summed E-state index contributed by atoms with van der Waals surface area (Å²) in [6, 6.07) is 0. The molecule has 1 aliphatic rings. The van der Waals surface area contributed by atoms with Gasteiger partial charge in [-0.15, -0.1) is 0 Å². The van der Waals surface area contributed by atoms with E-state index in [1.807, 2.05) is 42.5 Å². The topological polar surface area (TPSA) is 96.2 Å². The predicted molar refractivity (Wildman–Crippen MR) is 122 cm³/mol. The van der Waals surface area contributed by atoms with E-state index in [0.29, 0.717) is 12.8 Å². The predicted octanol–water partition coefficient (Wildman–Crippen LogP) is 3.54. The van der Waals surface area contributed by atoms with Crippen molar-refractivity contribution in [1.82, 2.24) is 0 Å². The molecule has 174 valence electrons. The molecule has 0 aromatic heterocycles. The Kier molecular flexibility index (Phi) is 15.4. The van der Waals surface area contributed by atoms with Crippen LogP contribution in [0.4, 0.5) is 0 Å². The van der Waals surface area contributed by atoms with E-state index in [1.165, 1.54) is 0 Å². The molecular formula is C25H38O6. The molecule has 4 unspecified atom stereocenters. The van der Waals surface area contributed by atoms with E-state index in [-0.39, 0.29) is 31.2 Å². The van der Waals surface area contributed by atoms with E-state index in [2.05, 4.69) is 19.1 Å². The lowest BCUT2D eigenvalue weighted by molar-refractivity contribution is -0.147. The number of aliphatic hydroxyl groups excluding tert-OH is 3. The minimum atomic E-state index is -1.02. The van der Waals surface area contributed by atoms with E-state index >= 15 is 0 Å². The molecule has 4 atom stereocenters. The lowest BCUT2D eigenvalue weighted by Gasteiger charge is -2.31. The molecule has 0 aliphatic carbocycles. The standard InChI is InChI=1S/C25H38O6/c1-2-3-4-10-15-23-18-24(31-23)16-11-6-5-8-13-21(27)14-9-7-12-17-25(29)30-20-22(28)19-26/h3-6,8,10-11,13,15-16,21-24,26-28H,2,7,9,12,14,17-20H2,1H3/b4-3-,6-5-,13-8+,15-10+,16-11-. The Balaban J connectivity index is 2.03. The van der Waals surface area contributed by atoms with Crippen molar-refractivity contribution in [3.05, 3.63) is 60.8 Å². The Bertz CT molecular complexity index is 614. The number of carbonyl (C=O) groups is 1. The molecule has 1 aliphatic heterocycles. The summed E-state index contributed by atoms with van der Waals surface area (Å²) in [4.78, 5) is 11.4. The number of hydrogen-bond donors (Lipinski definition) is 3. The molecule has 0 amide bonds. The van der Waals surface area contributed by atoms with Crippen molar-refractivity contribution in [2.45, 2.75) is 76.3 Å². The highest BCUT2D eigenvalue weighted by Crippen LogP contribution is 2.22. The smallest absolute Gasteiger partial charge is 0.305 e. The van der Waals surface area contributed by atoms with Gasteiger partial charge in [0.2, 0.25) is 0 Å². The van der Waals surface area contributed by atoms with Gasteiger partial charge in [0.25, 0.3) is 0 Å². The Morgan fingerprint density at radius 3 is 2.39 bits per heavy atom. The van der Waals surface area contributed by atoms with Crippen LogP contribution in [0.1, 0.15) is 51.9 Å². The van der Waals surface area contributed by atoms with Gasteiger partial charge in [-0.1, -0.05) is 80.5 Å². The normalized spacial score (nSPS) is 21.5. The number of allylic oxidation sites excluding steroid dienone is 7. The number of rotatable bonds is 16. The third-order valence-electron chi connectivity index (χ3n) is 4.64. The van der Waals surface area contributed by atoms with Crippen LogP contribution >= 0.6 is 0 Å². The van der Waals surface area contributed by atoms with Crippen LogP contribution in [0.25, 0.3) is 0 Å². The van der Waals surface area contributed by atoms with E-state index in [4.69, 9.17) is 19.7 Å². The van der Waals surface area contributed by atoms with Crippen molar-refractivity contribution in [1.29, 1.82) is 0 Å². The Labute approximate surface area is 186 Å². The fourth-order valence-electron chi connectivity index (χ4n) is 2.81. The number of esters is 1. The van der Waals surface area contributed by atoms with Crippen molar-refractivity contribution < 1.29 is 29.6 Å². The Morgan fingerprint density at radius 2 is 1.71 bits per heavy atom. The van der Waals surface area contributed by atoms with Gasteiger partial charge in [-0.3, -0.25) is 4.79 Å². The summed E-state index contributed by atoms with van der Waals surface area (Å²) in [5.74, 6) is -0.380. The number of aliphatic hydroxyl groups is 3. The maximum atomic E-state index is 11.4. The number of ether oxygens (including phenoxy) is 2. The van der Waals surface area contributed by atoms with Crippen LogP contribution in [-0.2, 0) is 14.3 Å². The molecule has 6 nitrogen and oxygen atoms in total. The minimum Gasteiger partial charge on any atom is -0.463 e. The Hall–Kier alpha value is -1.99. The molecule has 1 heterocycles. The van der Waals surface area contributed by atoms with E-state index in [0.717, 1.165) is 25.7 Å². The van der Waals surface area contributed by atoms with Gasteiger partial charge >= 0.3 is 5.97 Å². The second-order valence-corrected chi connectivity index (χ2v) is 7.51. The fourth-order valence-corrected chi connectivity index (χ4v) is 2.81. The average Bonchev–Trinajstić information content (AvgIpc) is 2.74. The molecule has 6 heteroatoms. The Morgan fingerprint density at radius 1 is 1.03 bits per heavy atom. The number of carbonyl (C=O) groups excluding carboxylic acids is 1. The number of unbranched alkanes of at least 4 members (excludes halogenated alkanes) is 2. The van der Waals surface area contributed by atoms with E-state index < -0.39 is 18.8 Å². The molecule has 0 saturated carbocycles. The summed E-state index contributed by atoms with van der Waals surface area (Å²) in [6.07, 6.45) is 23.7. The summed E-state index contributed by atoms with van der Waals surface area (Å²) in [5.41, 5.74) is 0. The SMILES string of the molecule is CC/C=C\C=C\C1CC(\C=C/C=C\C=C\C(O)CCCCCC(=O)OCC(O)CO)O1. The molecule has 1 saturated heterocycles. The highest BCUT2D eigenvalue weighted by molar-refractivity contribution is 5.69. The maximum Gasteiger partial charge on any atom is 0.305 e. The molecule has 1 fully saturated rings.